The summed E-state index contributed by atoms with van der Waals surface area (Å²) in [7, 11) is 0. The first-order chi connectivity index (χ1) is 13.6. The quantitative estimate of drug-likeness (QED) is 0.245. The lowest BCUT2D eigenvalue weighted by molar-refractivity contribution is -0.143. The van der Waals surface area contributed by atoms with Crippen molar-refractivity contribution in [2.45, 2.75) is 37.9 Å². The molecule has 0 aliphatic heterocycles. The van der Waals surface area contributed by atoms with Gasteiger partial charge in [0.05, 0.1) is 13.2 Å². The molecule has 0 amide bonds. The smallest absolute Gasteiger partial charge is 0.328 e. The van der Waals surface area contributed by atoms with Crippen molar-refractivity contribution in [1.29, 1.82) is 0 Å². The molecule has 148 valence electrons. The number of nitrogens with zero attached hydrogens (tertiary/aromatic N) is 3. The van der Waals surface area contributed by atoms with E-state index in [1.54, 1.807) is 11.5 Å². The summed E-state index contributed by atoms with van der Waals surface area (Å²) < 4.78 is 6.48. The molecule has 0 spiro atoms. The van der Waals surface area contributed by atoms with Gasteiger partial charge in [-0.15, -0.1) is 0 Å². The number of carbonyl (C=O) groups is 1. The third-order valence-corrected chi connectivity index (χ3v) is 5.06. The number of imidazole rings is 1. The van der Waals surface area contributed by atoms with E-state index in [-0.39, 0.29) is 17.5 Å². The molecule has 0 aliphatic rings. The number of rotatable bonds is 9. The second kappa shape index (κ2) is 9.41. The number of hydrogen-bond acceptors (Lipinski definition) is 7. The van der Waals surface area contributed by atoms with Gasteiger partial charge in [-0.05, 0) is 25.3 Å². The molecule has 0 unspecified atom stereocenters. The first kappa shape index (κ1) is 19.9. The van der Waals surface area contributed by atoms with E-state index in [2.05, 4.69) is 15.0 Å². The fourth-order valence-electron chi connectivity index (χ4n) is 2.78. The minimum Gasteiger partial charge on any atom is -0.466 e. The fraction of sp³-hybridized carbons (Fsp3) is 0.368. The molecule has 0 bridgehead atoms. The number of aromatic amines is 1. The fourth-order valence-corrected chi connectivity index (χ4v) is 3.62. The Kier molecular flexibility index (Phi) is 6.70. The number of carbonyl (C=O) groups excluding carboxylic acids is 1. The van der Waals surface area contributed by atoms with E-state index in [1.807, 2.05) is 30.3 Å². The van der Waals surface area contributed by atoms with Gasteiger partial charge >= 0.3 is 11.7 Å². The number of thioether (sulfide) groups is 1. The summed E-state index contributed by atoms with van der Waals surface area (Å²) in [4.78, 5) is 35.3. The van der Waals surface area contributed by atoms with E-state index in [0.29, 0.717) is 35.9 Å². The lowest BCUT2D eigenvalue weighted by Gasteiger charge is -2.06. The first-order valence-electron chi connectivity index (χ1n) is 9.17. The zero-order valence-electron chi connectivity index (χ0n) is 15.7. The lowest BCUT2D eigenvalue weighted by Crippen LogP contribution is -2.17. The van der Waals surface area contributed by atoms with Crippen LogP contribution in [0.25, 0.3) is 11.2 Å². The molecule has 3 rings (SSSR count). The molecule has 0 saturated heterocycles. The number of esters is 1. The number of unbranched alkanes of at least 4 members (excludes halogenated alkanes) is 1. The van der Waals surface area contributed by atoms with Gasteiger partial charge in [0.15, 0.2) is 16.6 Å². The predicted molar refractivity (Wildman–Crippen MR) is 109 cm³/mol. The van der Waals surface area contributed by atoms with E-state index in [4.69, 9.17) is 10.5 Å². The summed E-state index contributed by atoms with van der Waals surface area (Å²) in [6.07, 6.45) is 1.98. The van der Waals surface area contributed by atoms with Gasteiger partial charge in [-0.2, -0.15) is 0 Å². The van der Waals surface area contributed by atoms with Gasteiger partial charge in [0.2, 0.25) is 0 Å². The standard InChI is InChI=1S/C19H23N5O3S/c1-2-27-14(25)10-6-7-11-28-18-22-16(20)15-17(23-18)24(19(26)21-15)12-13-8-4-3-5-9-13/h3-5,8-9H,2,6-7,10-12H2,1H3,(H,21,26)(H2,20,22,23). The van der Waals surface area contributed by atoms with E-state index >= 15 is 0 Å². The SMILES string of the molecule is CCOC(=O)CCCCSc1nc(N)c2[nH]c(=O)n(Cc3ccccc3)c2n1. The molecule has 0 aliphatic carbocycles. The second-order valence-electron chi connectivity index (χ2n) is 6.20. The van der Waals surface area contributed by atoms with Crippen LogP contribution in [-0.2, 0) is 16.1 Å². The van der Waals surface area contributed by atoms with E-state index < -0.39 is 0 Å². The number of aromatic nitrogens is 4. The van der Waals surface area contributed by atoms with Crippen LogP contribution in [0.4, 0.5) is 5.82 Å². The average Bonchev–Trinajstić information content (AvgIpc) is 2.99. The third-order valence-electron chi connectivity index (χ3n) is 4.13. The van der Waals surface area contributed by atoms with E-state index in [9.17, 15) is 9.59 Å². The van der Waals surface area contributed by atoms with Gasteiger partial charge in [-0.1, -0.05) is 42.1 Å². The molecule has 0 saturated carbocycles. The summed E-state index contributed by atoms with van der Waals surface area (Å²) in [6, 6.07) is 9.69. The number of benzene rings is 1. The highest BCUT2D eigenvalue weighted by molar-refractivity contribution is 7.99. The van der Waals surface area contributed by atoms with Gasteiger partial charge < -0.3 is 15.5 Å². The zero-order valence-corrected chi connectivity index (χ0v) is 16.5. The Hall–Kier alpha value is -2.81. The van der Waals surface area contributed by atoms with Crippen LogP contribution >= 0.6 is 11.8 Å². The number of H-pyrrole nitrogens is 1. The van der Waals surface area contributed by atoms with Crippen molar-refractivity contribution in [2.24, 2.45) is 0 Å². The van der Waals surface area contributed by atoms with Crippen molar-refractivity contribution < 1.29 is 9.53 Å². The van der Waals surface area contributed by atoms with Crippen molar-refractivity contribution in [2.75, 3.05) is 18.1 Å². The molecule has 9 heteroatoms. The topological polar surface area (TPSA) is 116 Å². The maximum Gasteiger partial charge on any atom is 0.328 e. The van der Waals surface area contributed by atoms with Crippen molar-refractivity contribution >= 4 is 34.7 Å². The summed E-state index contributed by atoms with van der Waals surface area (Å²) in [5.41, 5.74) is 7.70. The van der Waals surface area contributed by atoms with Gasteiger partial charge in [0, 0.05) is 12.2 Å². The van der Waals surface area contributed by atoms with Crippen molar-refractivity contribution in [3.05, 3.63) is 46.4 Å². The molecule has 2 heterocycles. The van der Waals surface area contributed by atoms with Crippen LogP contribution in [0.1, 0.15) is 31.7 Å². The number of fused-ring (bicyclic) bond motifs is 1. The monoisotopic (exact) mass is 401 g/mol. The van der Waals surface area contributed by atoms with Crippen molar-refractivity contribution in [3.8, 4) is 0 Å². The normalized spacial score (nSPS) is 11.0. The number of nitrogens with two attached hydrogens (primary N) is 1. The Morgan fingerprint density at radius 2 is 2.04 bits per heavy atom. The maximum atomic E-state index is 12.4. The highest BCUT2D eigenvalue weighted by atomic mass is 32.2. The molecular weight excluding hydrogens is 378 g/mol. The van der Waals surface area contributed by atoms with E-state index in [0.717, 1.165) is 24.2 Å². The lowest BCUT2D eigenvalue weighted by atomic mass is 10.2. The number of ether oxygens (including phenoxy) is 1. The third kappa shape index (κ3) is 4.92. The Morgan fingerprint density at radius 3 is 2.79 bits per heavy atom. The Bertz CT molecular complexity index is 1000. The van der Waals surface area contributed by atoms with Crippen LogP contribution < -0.4 is 11.4 Å². The summed E-state index contributed by atoms with van der Waals surface area (Å²) in [5, 5.41) is 0.516. The van der Waals surface area contributed by atoms with Gasteiger partial charge in [-0.3, -0.25) is 9.36 Å². The molecule has 28 heavy (non-hydrogen) atoms. The zero-order chi connectivity index (χ0) is 19.9. The number of anilines is 1. The van der Waals surface area contributed by atoms with Gasteiger partial charge in [-0.25, -0.2) is 14.8 Å². The van der Waals surface area contributed by atoms with Crippen molar-refractivity contribution in [1.82, 2.24) is 19.5 Å². The van der Waals surface area contributed by atoms with Gasteiger partial charge in [0.25, 0.3) is 0 Å². The van der Waals surface area contributed by atoms with Crippen LogP contribution in [-0.4, -0.2) is 37.8 Å². The van der Waals surface area contributed by atoms with Crippen LogP contribution in [0, 0.1) is 0 Å². The summed E-state index contributed by atoms with van der Waals surface area (Å²) in [6.45, 7) is 2.60. The minimum absolute atomic E-state index is 0.174. The Balaban J connectivity index is 1.70. The minimum atomic E-state index is -0.267. The maximum absolute atomic E-state index is 12.4. The highest BCUT2D eigenvalue weighted by Gasteiger charge is 2.14. The van der Waals surface area contributed by atoms with Crippen molar-refractivity contribution in [3.63, 3.8) is 0 Å². The number of nitrogen functional groups attached to an aromatic ring is 1. The molecule has 3 aromatic rings. The Morgan fingerprint density at radius 1 is 1.25 bits per heavy atom. The molecule has 8 nitrogen and oxygen atoms in total. The molecule has 0 radical (unpaired) electrons. The molecule has 1 aromatic carbocycles. The first-order valence-corrected chi connectivity index (χ1v) is 10.2. The Labute approximate surface area is 166 Å². The number of hydrogen-bond donors (Lipinski definition) is 2. The molecule has 0 fully saturated rings. The molecule has 0 atom stereocenters. The number of nitrogens with one attached hydrogen (secondary N) is 1. The predicted octanol–water partition coefficient (Wildman–Crippen LogP) is 2.58. The van der Waals surface area contributed by atoms with Crippen LogP contribution in [0.3, 0.4) is 0 Å². The van der Waals surface area contributed by atoms with E-state index in [1.165, 1.54) is 11.8 Å². The molecular formula is C19H23N5O3S. The summed E-state index contributed by atoms with van der Waals surface area (Å²) >= 11 is 1.46. The average molecular weight is 401 g/mol. The highest BCUT2D eigenvalue weighted by Crippen LogP contribution is 2.22. The molecule has 2 aromatic heterocycles. The second-order valence-corrected chi connectivity index (χ2v) is 7.26. The largest absolute Gasteiger partial charge is 0.466 e. The van der Waals surface area contributed by atoms with Crippen LogP contribution in [0.2, 0.25) is 0 Å². The van der Waals surface area contributed by atoms with Gasteiger partial charge in [0.1, 0.15) is 5.52 Å². The summed E-state index contributed by atoms with van der Waals surface area (Å²) in [5.74, 6) is 0.826. The molecule has 3 N–H and O–H groups in total. The van der Waals surface area contributed by atoms with Crippen LogP contribution in [0.5, 0.6) is 0 Å². The van der Waals surface area contributed by atoms with Crippen LogP contribution in [0.15, 0.2) is 40.3 Å².